The molecule has 1 aromatic carbocycles. The van der Waals surface area contributed by atoms with E-state index in [0.717, 1.165) is 17.4 Å². The van der Waals surface area contributed by atoms with Gasteiger partial charge in [-0.25, -0.2) is 15.0 Å². The van der Waals surface area contributed by atoms with Gasteiger partial charge >= 0.3 is 6.18 Å². The van der Waals surface area contributed by atoms with Crippen LogP contribution in [-0.4, -0.2) is 19.9 Å². The number of anilines is 2. The average Bonchev–Trinajstić information content (AvgIpc) is 2.53. The molecule has 2 aromatic heterocycles. The first-order valence-corrected chi connectivity index (χ1v) is 7.49. The molecule has 130 valence electrons. The first-order chi connectivity index (χ1) is 11.8. The highest BCUT2D eigenvalue weighted by atomic mass is 19.4. The van der Waals surface area contributed by atoms with E-state index in [-0.39, 0.29) is 11.9 Å². The number of fused-ring (bicyclic) bond motifs is 1. The molecule has 0 aliphatic heterocycles. The fourth-order valence-corrected chi connectivity index (χ4v) is 2.37. The highest BCUT2D eigenvalue weighted by molar-refractivity contribution is 5.82. The lowest BCUT2D eigenvalue weighted by atomic mass is 10.1. The summed E-state index contributed by atoms with van der Waals surface area (Å²) in [6.45, 7) is 3.81. The van der Waals surface area contributed by atoms with Crippen LogP contribution < -0.4 is 10.9 Å². The van der Waals surface area contributed by atoms with Crippen molar-refractivity contribution in [3.63, 3.8) is 0 Å². The van der Waals surface area contributed by atoms with Crippen molar-refractivity contribution in [2.75, 3.05) is 5.32 Å². The molecule has 0 unspecified atom stereocenters. The Morgan fingerprint density at radius 2 is 1.92 bits per heavy atom. The van der Waals surface area contributed by atoms with Crippen LogP contribution in [0.4, 0.5) is 25.1 Å². The highest BCUT2D eigenvalue weighted by Gasteiger charge is 2.33. The summed E-state index contributed by atoms with van der Waals surface area (Å²) < 4.78 is 38.3. The number of aryl methyl sites for hydroxylation is 2. The Bertz CT molecular complexity index is 997. The molecule has 0 amide bonds. The van der Waals surface area contributed by atoms with Crippen molar-refractivity contribution in [3.05, 3.63) is 51.6 Å². The van der Waals surface area contributed by atoms with E-state index in [1.165, 1.54) is 0 Å². The van der Waals surface area contributed by atoms with Gasteiger partial charge in [-0.05, 0) is 31.0 Å². The number of H-pyrrole nitrogens is 1. The molecule has 0 saturated heterocycles. The third-order valence-electron chi connectivity index (χ3n) is 3.62. The maximum atomic E-state index is 12.8. The van der Waals surface area contributed by atoms with Crippen LogP contribution in [0, 0.1) is 6.92 Å². The van der Waals surface area contributed by atoms with Crippen molar-refractivity contribution in [1.82, 2.24) is 19.9 Å². The van der Waals surface area contributed by atoms with E-state index in [0.29, 0.717) is 17.3 Å². The number of nitrogens with one attached hydrogen (secondary N) is 2. The van der Waals surface area contributed by atoms with E-state index >= 15 is 0 Å². The second kappa shape index (κ2) is 6.15. The van der Waals surface area contributed by atoms with E-state index in [9.17, 15) is 18.0 Å². The molecule has 0 atom stereocenters. The molecule has 6 nitrogen and oxygen atoms in total. The third kappa shape index (κ3) is 3.59. The molecule has 0 bridgehead atoms. The maximum absolute atomic E-state index is 12.8. The summed E-state index contributed by atoms with van der Waals surface area (Å²) in [6, 6.07) is 6.10. The molecule has 0 spiro atoms. The molecule has 2 N–H and O–H groups in total. The third-order valence-corrected chi connectivity index (χ3v) is 3.62. The minimum absolute atomic E-state index is 0.0525. The van der Waals surface area contributed by atoms with Crippen molar-refractivity contribution < 1.29 is 13.2 Å². The monoisotopic (exact) mass is 349 g/mol. The lowest BCUT2D eigenvalue weighted by molar-refractivity contribution is -0.141. The van der Waals surface area contributed by atoms with Crippen LogP contribution in [0.2, 0.25) is 0 Å². The Labute approximate surface area is 140 Å². The van der Waals surface area contributed by atoms with Gasteiger partial charge in [-0.15, -0.1) is 0 Å². The zero-order chi connectivity index (χ0) is 18.2. The Hall–Kier alpha value is -2.97. The van der Waals surface area contributed by atoms with Crippen molar-refractivity contribution in [3.8, 4) is 0 Å². The minimum Gasteiger partial charge on any atom is -0.294 e. The van der Waals surface area contributed by atoms with Crippen LogP contribution in [0.5, 0.6) is 0 Å². The molecule has 2 heterocycles. The van der Waals surface area contributed by atoms with Crippen LogP contribution in [0.3, 0.4) is 0 Å². The fraction of sp³-hybridized carbons (Fsp3) is 0.250. The van der Waals surface area contributed by atoms with Gasteiger partial charge in [0.25, 0.3) is 5.56 Å². The van der Waals surface area contributed by atoms with Crippen molar-refractivity contribution in [1.29, 1.82) is 0 Å². The number of halogens is 3. The molecule has 0 aliphatic rings. The summed E-state index contributed by atoms with van der Waals surface area (Å²) in [5.74, 6) is -0.319. The number of benzene rings is 1. The molecular weight excluding hydrogens is 335 g/mol. The van der Waals surface area contributed by atoms with Gasteiger partial charge in [0.1, 0.15) is 0 Å². The Balaban J connectivity index is 2.01. The van der Waals surface area contributed by atoms with Crippen molar-refractivity contribution in [2.24, 2.45) is 0 Å². The van der Waals surface area contributed by atoms with E-state index in [4.69, 9.17) is 0 Å². The number of rotatable bonds is 3. The first kappa shape index (κ1) is 16.9. The van der Waals surface area contributed by atoms with Crippen LogP contribution in [0.15, 0.2) is 29.1 Å². The summed E-state index contributed by atoms with van der Waals surface area (Å²) in [7, 11) is 0. The predicted octanol–water partition coefficient (Wildman–Crippen LogP) is 3.35. The van der Waals surface area contributed by atoms with Gasteiger partial charge < -0.3 is 0 Å². The number of nitrogens with zero attached hydrogens (tertiary/aromatic N) is 3. The van der Waals surface area contributed by atoms with E-state index < -0.39 is 17.4 Å². The lowest BCUT2D eigenvalue weighted by Gasteiger charge is -2.10. The summed E-state index contributed by atoms with van der Waals surface area (Å²) >= 11 is 0. The number of alkyl halides is 3. The van der Waals surface area contributed by atoms with Gasteiger partial charge in [-0.2, -0.15) is 13.2 Å². The number of hydrogen-bond donors (Lipinski definition) is 2. The molecule has 3 rings (SSSR count). The normalized spacial score (nSPS) is 11.7. The molecule has 9 heteroatoms. The smallest absolute Gasteiger partial charge is 0.294 e. The molecule has 0 fully saturated rings. The van der Waals surface area contributed by atoms with Gasteiger partial charge in [-0.1, -0.05) is 13.0 Å². The largest absolute Gasteiger partial charge is 0.433 e. The van der Waals surface area contributed by atoms with Crippen LogP contribution in [0.1, 0.15) is 23.9 Å². The van der Waals surface area contributed by atoms with E-state index in [2.05, 4.69) is 25.3 Å². The zero-order valence-electron chi connectivity index (χ0n) is 13.4. The number of aromatic amines is 1. The molecule has 0 radical (unpaired) electrons. The predicted molar refractivity (Wildman–Crippen MR) is 86.8 cm³/mol. The van der Waals surface area contributed by atoms with Gasteiger partial charge in [0.05, 0.1) is 11.2 Å². The fourth-order valence-electron chi connectivity index (χ4n) is 2.37. The van der Waals surface area contributed by atoms with Gasteiger partial charge in [0.2, 0.25) is 11.9 Å². The lowest BCUT2D eigenvalue weighted by Crippen LogP contribution is -2.18. The molecule has 0 aliphatic carbocycles. The number of hydrogen-bond acceptors (Lipinski definition) is 5. The summed E-state index contributed by atoms with van der Waals surface area (Å²) in [6.07, 6.45) is -3.85. The standard InChI is InChI=1S/C16H14F3N5O/c1-3-9-4-5-11-10(6-9)8(2)20-14(21-11)24-15-22-12(16(17,18)19)7-13(25)23-15/h4-7H,3H2,1-2H3,(H2,20,21,22,23,24,25). The number of aromatic nitrogens is 4. The zero-order valence-corrected chi connectivity index (χ0v) is 13.4. The Morgan fingerprint density at radius 1 is 1.16 bits per heavy atom. The van der Waals surface area contributed by atoms with Crippen LogP contribution in [0.25, 0.3) is 10.9 Å². The topological polar surface area (TPSA) is 83.6 Å². The van der Waals surface area contributed by atoms with Crippen LogP contribution >= 0.6 is 0 Å². The highest BCUT2D eigenvalue weighted by Crippen LogP contribution is 2.27. The van der Waals surface area contributed by atoms with Crippen LogP contribution in [-0.2, 0) is 12.6 Å². The van der Waals surface area contributed by atoms with Crippen molar-refractivity contribution in [2.45, 2.75) is 26.4 Å². The average molecular weight is 349 g/mol. The Morgan fingerprint density at radius 3 is 2.60 bits per heavy atom. The summed E-state index contributed by atoms with van der Waals surface area (Å²) in [5.41, 5.74) is 0.223. The second-order valence-electron chi connectivity index (χ2n) is 5.44. The first-order valence-electron chi connectivity index (χ1n) is 7.49. The quantitative estimate of drug-likeness (QED) is 0.758. The van der Waals surface area contributed by atoms with Gasteiger partial charge in [0, 0.05) is 11.5 Å². The molecule has 25 heavy (non-hydrogen) atoms. The SMILES string of the molecule is CCc1ccc2nc(Nc3nc(C(F)(F)F)cc(=O)[nH]3)nc(C)c2c1. The minimum atomic E-state index is -4.72. The summed E-state index contributed by atoms with van der Waals surface area (Å²) in [4.78, 5) is 25.5. The molecule has 3 aromatic rings. The summed E-state index contributed by atoms with van der Waals surface area (Å²) in [5, 5.41) is 3.39. The maximum Gasteiger partial charge on any atom is 0.433 e. The van der Waals surface area contributed by atoms with Gasteiger partial charge in [0.15, 0.2) is 5.69 Å². The van der Waals surface area contributed by atoms with Crippen molar-refractivity contribution >= 4 is 22.8 Å². The van der Waals surface area contributed by atoms with E-state index in [1.807, 2.05) is 25.1 Å². The van der Waals surface area contributed by atoms with Gasteiger partial charge in [-0.3, -0.25) is 15.1 Å². The molecule has 0 saturated carbocycles. The second-order valence-corrected chi connectivity index (χ2v) is 5.44. The van der Waals surface area contributed by atoms with E-state index in [1.54, 1.807) is 6.92 Å². The molecular formula is C16H14F3N5O. The Kier molecular flexibility index (Phi) is 4.15.